The molecule has 0 aliphatic rings. The van der Waals surface area contributed by atoms with Crippen molar-refractivity contribution in [3.8, 4) is 22.4 Å². The van der Waals surface area contributed by atoms with Crippen LogP contribution in [-0.2, 0) is 6.54 Å². The lowest BCUT2D eigenvalue weighted by Crippen LogP contribution is -1.99. The second kappa shape index (κ2) is 8.93. The van der Waals surface area contributed by atoms with Gasteiger partial charge in [0.1, 0.15) is 17.0 Å². The molecule has 0 saturated heterocycles. The zero-order chi connectivity index (χ0) is 23.1. The van der Waals surface area contributed by atoms with Crippen LogP contribution >= 0.6 is 35.0 Å². The molecule has 0 aliphatic heterocycles. The fourth-order valence-electron chi connectivity index (χ4n) is 3.81. The largest absolute Gasteiger partial charge is 0.297 e. The van der Waals surface area contributed by atoms with Crippen molar-refractivity contribution < 1.29 is 8.78 Å². The molecule has 0 unspecified atom stereocenters. The molecule has 4 aromatic heterocycles. The van der Waals surface area contributed by atoms with E-state index in [1.807, 2.05) is 23.2 Å². The quantitative estimate of drug-likeness (QED) is 0.249. The van der Waals surface area contributed by atoms with Gasteiger partial charge in [0.2, 0.25) is 0 Å². The van der Waals surface area contributed by atoms with Crippen molar-refractivity contribution in [2.24, 2.45) is 0 Å². The standard InChI is InChI=1S/C23H17Cl2F2N5S/c1-33-8-7-31-12-14(11-29-31)13-9-15-18(28-10-13)5-6-32-21(22(26)27)20(30-23(15)32)19-16(24)3-2-4-17(19)25/h2-6,9-12,22H,7-8H2,1H3. The van der Waals surface area contributed by atoms with Crippen molar-refractivity contribution in [1.82, 2.24) is 24.1 Å². The number of rotatable bonds is 6. The van der Waals surface area contributed by atoms with Crippen molar-refractivity contribution >= 4 is 51.5 Å². The van der Waals surface area contributed by atoms with Crippen molar-refractivity contribution in [1.29, 1.82) is 0 Å². The number of pyridine rings is 2. The number of imidazole rings is 1. The lowest BCUT2D eigenvalue weighted by Gasteiger charge is -2.07. The van der Waals surface area contributed by atoms with Crippen molar-refractivity contribution in [3.63, 3.8) is 0 Å². The number of aryl methyl sites for hydroxylation is 1. The molecule has 168 valence electrons. The minimum Gasteiger partial charge on any atom is -0.297 e. The third-order valence-corrected chi connectivity index (χ3v) is 6.61. The lowest BCUT2D eigenvalue weighted by atomic mass is 10.1. The Morgan fingerprint density at radius 3 is 2.61 bits per heavy atom. The maximum Gasteiger partial charge on any atom is 0.280 e. The van der Waals surface area contributed by atoms with Crippen LogP contribution in [-0.4, -0.2) is 36.2 Å². The van der Waals surface area contributed by atoms with Crippen LogP contribution in [0.3, 0.4) is 0 Å². The first-order valence-electron chi connectivity index (χ1n) is 10.0. The number of aromatic nitrogens is 5. The third kappa shape index (κ3) is 3.96. The van der Waals surface area contributed by atoms with E-state index in [4.69, 9.17) is 23.2 Å². The van der Waals surface area contributed by atoms with Gasteiger partial charge in [0.05, 0.1) is 21.8 Å². The Kier molecular flexibility index (Phi) is 5.99. The Labute approximate surface area is 202 Å². The third-order valence-electron chi connectivity index (χ3n) is 5.39. The molecule has 0 radical (unpaired) electrons. The van der Waals surface area contributed by atoms with Crippen LogP contribution in [0.1, 0.15) is 12.1 Å². The molecule has 10 heteroatoms. The zero-order valence-corrected chi connectivity index (χ0v) is 19.7. The number of fused-ring (bicyclic) bond motifs is 3. The first-order chi connectivity index (χ1) is 16.0. The van der Waals surface area contributed by atoms with Gasteiger partial charge in [-0.2, -0.15) is 16.9 Å². The minimum absolute atomic E-state index is 0.0587. The predicted molar refractivity (Wildman–Crippen MR) is 131 cm³/mol. The lowest BCUT2D eigenvalue weighted by molar-refractivity contribution is 0.146. The summed E-state index contributed by atoms with van der Waals surface area (Å²) in [5, 5.41) is 5.56. The van der Waals surface area contributed by atoms with Crippen molar-refractivity contribution in [3.05, 3.63) is 70.9 Å². The fourth-order valence-corrected chi connectivity index (χ4v) is 4.76. The molecule has 0 atom stereocenters. The molecule has 5 aromatic rings. The van der Waals surface area contributed by atoms with E-state index in [1.54, 1.807) is 54.6 Å². The number of alkyl halides is 2. The second-order valence-electron chi connectivity index (χ2n) is 7.39. The van der Waals surface area contributed by atoms with Gasteiger partial charge in [0.15, 0.2) is 0 Å². The normalized spacial score (nSPS) is 11.8. The maximum absolute atomic E-state index is 14.2. The van der Waals surface area contributed by atoms with E-state index >= 15 is 0 Å². The molecule has 0 amide bonds. The van der Waals surface area contributed by atoms with E-state index in [9.17, 15) is 8.78 Å². The second-order valence-corrected chi connectivity index (χ2v) is 9.19. The summed E-state index contributed by atoms with van der Waals surface area (Å²) in [6.45, 7) is 0.798. The van der Waals surface area contributed by atoms with E-state index < -0.39 is 6.43 Å². The van der Waals surface area contributed by atoms with Crippen LogP contribution in [0.4, 0.5) is 8.78 Å². The van der Waals surface area contributed by atoms with Gasteiger partial charge in [0, 0.05) is 53.0 Å². The van der Waals surface area contributed by atoms with E-state index in [1.165, 1.54) is 4.40 Å². The number of hydrogen-bond donors (Lipinski definition) is 0. The Hall–Kier alpha value is -2.68. The van der Waals surface area contributed by atoms with Gasteiger partial charge in [-0.15, -0.1) is 0 Å². The number of nitrogens with zero attached hydrogens (tertiary/aromatic N) is 5. The molecular formula is C23H17Cl2F2N5S. The molecule has 33 heavy (non-hydrogen) atoms. The topological polar surface area (TPSA) is 48.0 Å². The highest BCUT2D eigenvalue weighted by Crippen LogP contribution is 2.40. The molecule has 5 nitrogen and oxygen atoms in total. The van der Waals surface area contributed by atoms with Gasteiger partial charge in [-0.1, -0.05) is 29.3 Å². The Bertz CT molecular complexity index is 1460. The van der Waals surface area contributed by atoms with Gasteiger partial charge in [-0.3, -0.25) is 14.1 Å². The van der Waals surface area contributed by atoms with Crippen molar-refractivity contribution in [2.75, 3.05) is 12.0 Å². The Balaban J connectivity index is 1.72. The molecule has 0 spiro atoms. The summed E-state index contributed by atoms with van der Waals surface area (Å²) in [4.78, 5) is 9.12. The number of thioether (sulfide) groups is 1. The van der Waals surface area contributed by atoms with Gasteiger partial charge < -0.3 is 0 Å². The summed E-state index contributed by atoms with van der Waals surface area (Å²) < 4.78 is 31.7. The summed E-state index contributed by atoms with van der Waals surface area (Å²) >= 11 is 14.4. The van der Waals surface area contributed by atoms with Gasteiger partial charge in [-0.05, 0) is 30.5 Å². The van der Waals surface area contributed by atoms with Gasteiger partial charge in [0.25, 0.3) is 6.43 Å². The number of hydrogen-bond acceptors (Lipinski definition) is 4. The smallest absolute Gasteiger partial charge is 0.280 e. The average molecular weight is 504 g/mol. The monoisotopic (exact) mass is 503 g/mol. The summed E-state index contributed by atoms with van der Waals surface area (Å²) in [5.41, 5.74) is 2.79. The highest BCUT2D eigenvalue weighted by atomic mass is 35.5. The van der Waals surface area contributed by atoms with E-state index in [2.05, 4.69) is 15.1 Å². The van der Waals surface area contributed by atoms with Gasteiger partial charge in [-0.25, -0.2) is 13.8 Å². The Morgan fingerprint density at radius 2 is 1.88 bits per heavy atom. The van der Waals surface area contributed by atoms with Gasteiger partial charge >= 0.3 is 0 Å². The minimum atomic E-state index is -2.79. The fraction of sp³-hybridized carbons (Fsp3) is 0.174. The van der Waals surface area contributed by atoms with Crippen LogP contribution in [0, 0.1) is 0 Å². The zero-order valence-electron chi connectivity index (χ0n) is 17.3. The van der Waals surface area contributed by atoms with Crippen LogP contribution in [0.5, 0.6) is 0 Å². The SMILES string of the molecule is CSCCn1cc(-c2cnc3ccn4c(C(F)F)c(-c5c(Cl)cccc5Cl)nc4c3c2)cn1. The molecular weight excluding hydrogens is 487 g/mol. The highest BCUT2D eigenvalue weighted by Gasteiger charge is 2.26. The highest BCUT2D eigenvalue weighted by molar-refractivity contribution is 7.98. The summed E-state index contributed by atoms with van der Waals surface area (Å²) in [6, 6.07) is 8.47. The molecule has 4 heterocycles. The summed E-state index contributed by atoms with van der Waals surface area (Å²) in [7, 11) is 0. The number of halogens is 4. The van der Waals surface area contributed by atoms with Crippen LogP contribution < -0.4 is 0 Å². The molecule has 0 saturated carbocycles. The molecule has 0 bridgehead atoms. The predicted octanol–water partition coefficient (Wildman–Crippen LogP) is 7.02. The molecule has 0 fully saturated rings. The first-order valence-corrected chi connectivity index (χ1v) is 12.2. The molecule has 0 N–H and O–H groups in total. The van der Waals surface area contributed by atoms with E-state index in [0.29, 0.717) is 16.6 Å². The molecule has 5 rings (SSSR count). The molecule has 0 aliphatic carbocycles. The van der Waals surface area contributed by atoms with Crippen LogP contribution in [0.15, 0.2) is 55.1 Å². The maximum atomic E-state index is 14.2. The van der Waals surface area contributed by atoms with Crippen molar-refractivity contribution in [2.45, 2.75) is 13.0 Å². The average Bonchev–Trinajstić information content (AvgIpc) is 3.42. The van der Waals surface area contributed by atoms with Crippen LogP contribution in [0.25, 0.3) is 38.9 Å². The Morgan fingerprint density at radius 1 is 1.09 bits per heavy atom. The van der Waals surface area contributed by atoms with E-state index in [0.717, 1.165) is 23.4 Å². The summed E-state index contributed by atoms with van der Waals surface area (Å²) in [6.07, 6.45) is 6.28. The summed E-state index contributed by atoms with van der Waals surface area (Å²) in [5.74, 6) is 0.954. The molecule has 1 aromatic carbocycles. The van der Waals surface area contributed by atoms with Crippen LogP contribution in [0.2, 0.25) is 10.0 Å². The van der Waals surface area contributed by atoms with E-state index in [-0.39, 0.29) is 27.0 Å². The first kappa shape index (κ1) is 22.1. The number of benzene rings is 1.